The van der Waals surface area contributed by atoms with Gasteiger partial charge in [-0.2, -0.15) is 11.8 Å². The Labute approximate surface area is 221 Å². The lowest BCUT2D eigenvalue weighted by molar-refractivity contribution is -0.124. The molecule has 4 rings (SSSR count). The summed E-state index contributed by atoms with van der Waals surface area (Å²) in [5.41, 5.74) is 12.0. The number of aryl methyl sites for hydroxylation is 1. The molecule has 5 nitrogen and oxygen atoms in total. The van der Waals surface area contributed by atoms with Crippen LogP contribution in [0.1, 0.15) is 29.2 Å². The topological polar surface area (TPSA) is 72.4 Å². The number of carbonyl (C=O) groups is 1. The second-order valence-electron chi connectivity index (χ2n) is 8.62. The first-order valence-electron chi connectivity index (χ1n) is 12.0. The van der Waals surface area contributed by atoms with Crippen LogP contribution in [0.15, 0.2) is 89.2 Å². The van der Waals surface area contributed by atoms with Gasteiger partial charge in [0.05, 0.1) is 11.4 Å². The highest BCUT2D eigenvalue weighted by Crippen LogP contribution is 2.27. The quantitative estimate of drug-likeness (QED) is 0.279. The molecule has 0 radical (unpaired) electrons. The minimum absolute atomic E-state index is 0.00627. The third-order valence-electron chi connectivity index (χ3n) is 6.01. The molecule has 7 heteroatoms. The van der Waals surface area contributed by atoms with Gasteiger partial charge in [-0.1, -0.05) is 72.3 Å². The molecule has 0 fully saturated rings. The number of thioether (sulfide) groups is 1. The Kier molecular flexibility index (Phi) is 9.17. The van der Waals surface area contributed by atoms with E-state index in [1.807, 2.05) is 54.6 Å². The Morgan fingerprint density at radius 2 is 1.72 bits per heavy atom. The number of nitrogens with two attached hydrogens (primary N) is 1. The monoisotopic (exact) mass is 516 g/mol. The molecule has 4 aromatic rings. The van der Waals surface area contributed by atoms with Crippen LogP contribution in [0.5, 0.6) is 0 Å². The standard InChI is InChI=1S/C29H32N4OS2/c1-21-8-14-24(15-9-21)27-20-36-29(32-25-6-4-3-5-7-25)33(27)26(16-17-35-2)28(34)31-19-23-12-10-22(18-30)11-13-23/h3-15,20,26H,16-19,30H2,1-2H3,(H,31,34)/t26-/m1/s1. The second kappa shape index (κ2) is 12.7. The van der Waals surface area contributed by atoms with E-state index in [4.69, 9.17) is 10.7 Å². The van der Waals surface area contributed by atoms with E-state index in [0.29, 0.717) is 19.5 Å². The van der Waals surface area contributed by atoms with E-state index in [9.17, 15) is 4.79 Å². The van der Waals surface area contributed by atoms with E-state index >= 15 is 0 Å². The lowest BCUT2D eigenvalue weighted by atomic mass is 10.1. The van der Waals surface area contributed by atoms with Gasteiger partial charge < -0.3 is 15.6 Å². The number of carbonyl (C=O) groups excluding carboxylic acids is 1. The van der Waals surface area contributed by atoms with Crippen molar-refractivity contribution in [2.75, 3.05) is 12.0 Å². The van der Waals surface area contributed by atoms with Crippen LogP contribution >= 0.6 is 23.1 Å². The summed E-state index contributed by atoms with van der Waals surface area (Å²) >= 11 is 3.31. The van der Waals surface area contributed by atoms with Crippen molar-refractivity contribution in [3.05, 3.63) is 106 Å². The summed E-state index contributed by atoms with van der Waals surface area (Å²) in [6.45, 7) is 3.05. The second-order valence-corrected chi connectivity index (χ2v) is 10.4. The molecule has 0 aliphatic rings. The van der Waals surface area contributed by atoms with Gasteiger partial charge in [-0.25, -0.2) is 4.99 Å². The van der Waals surface area contributed by atoms with E-state index in [-0.39, 0.29) is 11.9 Å². The van der Waals surface area contributed by atoms with Gasteiger partial charge in [0.2, 0.25) is 5.91 Å². The highest BCUT2D eigenvalue weighted by atomic mass is 32.2. The lowest BCUT2D eigenvalue weighted by Crippen LogP contribution is -2.36. The molecular formula is C29H32N4OS2. The molecule has 0 bridgehead atoms. The third kappa shape index (κ3) is 6.55. The maximum absolute atomic E-state index is 13.7. The summed E-state index contributed by atoms with van der Waals surface area (Å²) < 4.78 is 2.12. The molecule has 0 saturated heterocycles. The average molecular weight is 517 g/mol. The van der Waals surface area contributed by atoms with Crippen LogP contribution in [-0.4, -0.2) is 22.5 Å². The van der Waals surface area contributed by atoms with E-state index in [1.54, 1.807) is 23.1 Å². The molecule has 3 N–H and O–H groups in total. The summed E-state index contributed by atoms with van der Waals surface area (Å²) in [6.07, 6.45) is 2.78. The number of amides is 1. The Morgan fingerprint density at radius 3 is 2.39 bits per heavy atom. The number of benzene rings is 3. The highest BCUT2D eigenvalue weighted by Gasteiger charge is 2.24. The molecule has 3 aromatic carbocycles. The first kappa shape index (κ1) is 25.9. The largest absolute Gasteiger partial charge is 0.350 e. The molecule has 0 aliphatic carbocycles. The number of nitrogens with zero attached hydrogens (tertiary/aromatic N) is 2. The molecule has 0 aliphatic heterocycles. The van der Waals surface area contributed by atoms with Crippen LogP contribution in [0.25, 0.3) is 11.3 Å². The highest BCUT2D eigenvalue weighted by molar-refractivity contribution is 7.98. The lowest BCUT2D eigenvalue weighted by Gasteiger charge is -2.21. The van der Waals surface area contributed by atoms with Crippen LogP contribution in [0.2, 0.25) is 0 Å². The Balaban J connectivity index is 1.73. The van der Waals surface area contributed by atoms with Gasteiger partial charge in [0, 0.05) is 18.5 Å². The maximum Gasteiger partial charge on any atom is 0.243 e. The van der Waals surface area contributed by atoms with Gasteiger partial charge in [0.15, 0.2) is 4.80 Å². The van der Waals surface area contributed by atoms with Crippen LogP contribution in [-0.2, 0) is 17.9 Å². The number of rotatable bonds is 10. The van der Waals surface area contributed by atoms with Crippen molar-refractivity contribution in [3.8, 4) is 11.3 Å². The van der Waals surface area contributed by atoms with Gasteiger partial charge in [-0.05, 0) is 54.2 Å². The minimum Gasteiger partial charge on any atom is -0.350 e. The zero-order valence-electron chi connectivity index (χ0n) is 20.7. The fourth-order valence-corrected chi connectivity index (χ4v) is 5.38. The van der Waals surface area contributed by atoms with Crippen molar-refractivity contribution in [3.63, 3.8) is 0 Å². The zero-order chi connectivity index (χ0) is 25.3. The summed E-state index contributed by atoms with van der Waals surface area (Å²) in [5, 5.41) is 5.28. The van der Waals surface area contributed by atoms with Gasteiger partial charge in [-0.3, -0.25) is 4.79 Å². The molecule has 36 heavy (non-hydrogen) atoms. The number of hydrogen-bond acceptors (Lipinski definition) is 5. The number of aromatic nitrogens is 1. The molecule has 1 amide bonds. The zero-order valence-corrected chi connectivity index (χ0v) is 22.3. The van der Waals surface area contributed by atoms with Crippen molar-refractivity contribution in [2.24, 2.45) is 10.7 Å². The van der Waals surface area contributed by atoms with Crippen molar-refractivity contribution in [1.82, 2.24) is 9.88 Å². The number of hydrogen-bond donors (Lipinski definition) is 2. The average Bonchev–Trinajstić information content (AvgIpc) is 3.32. The number of para-hydroxylation sites is 1. The third-order valence-corrected chi connectivity index (χ3v) is 7.49. The van der Waals surface area contributed by atoms with Gasteiger partial charge in [0.25, 0.3) is 0 Å². The van der Waals surface area contributed by atoms with Crippen LogP contribution in [0, 0.1) is 6.92 Å². The van der Waals surface area contributed by atoms with Crippen molar-refractivity contribution in [1.29, 1.82) is 0 Å². The summed E-state index contributed by atoms with van der Waals surface area (Å²) in [6, 6.07) is 26.0. The van der Waals surface area contributed by atoms with E-state index in [1.165, 1.54) is 5.56 Å². The normalized spacial score (nSPS) is 12.5. The SMILES string of the molecule is CSCC[C@H](C(=O)NCc1ccc(CN)cc1)n1c(-c2ccc(C)cc2)csc1=Nc1ccccc1. The summed E-state index contributed by atoms with van der Waals surface area (Å²) in [5.74, 6) is 0.859. The molecule has 186 valence electrons. The van der Waals surface area contributed by atoms with Gasteiger partial charge in [0.1, 0.15) is 6.04 Å². The fraction of sp³-hybridized carbons (Fsp3) is 0.241. The molecule has 0 unspecified atom stereocenters. The van der Waals surface area contributed by atoms with Crippen LogP contribution < -0.4 is 15.9 Å². The summed E-state index contributed by atoms with van der Waals surface area (Å²) in [4.78, 5) is 19.4. The Bertz CT molecular complexity index is 1330. The number of thiazole rings is 1. The van der Waals surface area contributed by atoms with Crippen molar-refractivity contribution in [2.45, 2.75) is 32.5 Å². The first-order chi connectivity index (χ1) is 17.6. The van der Waals surface area contributed by atoms with Crippen molar-refractivity contribution < 1.29 is 4.79 Å². The Morgan fingerprint density at radius 1 is 1.03 bits per heavy atom. The first-order valence-corrected chi connectivity index (χ1v) is 14.3. The molecule has 1 aromatic heterocycles. The smallest absolute Gasteiger partial charge is 0.243 e. The van der Waals surface area contributed by atoms with E-state index in [0.717, 1.165) is 38.6 Å². The Hall–Kier alpha value is -3.13. The predicted octanol–water partition coefficient (Wildman–Crippen LogP) is 5.83. The maximum atomic E-state index is 13.7. The molecule has 1 heterocycles. The molecular weight excluding hydrogens is 484 g/mol. The van der Waals surface area contributed by atoms with Gasteiger partial charge >= 0.3 is 0 Å². The minimum atomic E-state index is -0.384. The van der Waals surface area contributed by atoms with Crippen LogP contribution in [0.3, 0.4) is 0 Å². The molecule has 0 spiro atoms. The van der Waals surface area contributed by atoms with E-state index in [2.05, 4.69) is 52.7 Å². The fourth-order valence-electron chi connectivity index (χ4n) is 3.96. The van der Waals surface area contributed by atoms with Crippen molar-refractivity contribution >= 4 is 34.7 Å². The van der Waals surface area contributed by atoms with E-state index < -0.39 is 0 Å². The molecule has 0 saturated carbocycles. The number of nitrogens with one attached hydrogen (secondary N) is 1. The summed E-state index contributed by atoms with van der Waals surface area (Å²) in [7, 11) is 0. The molecule has 1 atom stereocenters. The predicted molar refractivity (Wildman–Crippen MR) is 152 cm³/mol. The van der Waals surface area contributed by atoms with Crippen LogP contribution in [0.4, 0.5) is 5.69 Å². The van der Waals surface area contributed by atoms with Gasteiger partial charge in [-0.15, -0.1) is 11.3 Å².